The Labute approximate surface area is 150 Å². The summed E-state index contributed by atoms with van der Waals surface area (Å²) in [5, 5.41) is 21.8. The summed E-state index contributed by atoms with van der Waals surface area (Å²) in [4.78, 5) is 37.4. The normalized spacial score (nSPS) is 41.0. The molecule has 6 unspecified atom stereocenters. The molecule has 7 nitrogen and oxygen atoms in total. The number of hydrogen-bond donors (Lipinski definition) is 2. The van der Waals surface area contributed by atoms with Gasteiger partial charge in [-0.1, -0.05) is 20.8 Å². The third-order valence-electron chi connectivity index (χ3n) is 6.52. The zero-order chi connectivity index (χ0) is 19.2. The van der Waals surface area contributed by atoms with Gasteiger partial charge in [-0.15, -0.1) is 0 Å². The minimum Gasteiger partial charge on any atom is -0.458 e. The highest BCUT2D eigenvalue weighted by Gasteiger charge is 2.71. The zero-order valence-electron chi connectivity index (χ0n) is 15.1. The largest absolute Gasteiger partial charge is 0.458 e. The molecule has 3 aliphatic rings. The van der Waals surface area contributed by atoms with Crippen molar-refractivity contribution >= 4 is 11.8 Å². The quantitative estimate of drug-likeness (QED) is 0.715. The minimum absolute atomic E-state index is 0.149. The number of fused-ring (bicyclic) bond motifs is 2. The fourth-order valence-corrected chi connectivity index (χ4v) is 5.39. The van der Waals surface area contributed by atoms with E-state index in [9.17, 15) is 24.6 Å². The molecule has 1 aliphatic heterocycles. The van der Waals surface area contributed by atoms with Crippen LogP contribution in [0.4, 0.5) is 0 Å². The van der Waals surface area contributed by atoms with E-state index in [1.54, 1.807) is 13.8 Å². The molecule has 7 heteroatoms. The maximum atomic E-state index is 12.6. The van der Waals surface area contributed by atoms with Crippen molar-refractivity contribution in [2.24, 2.45) is 11.3 Å². The van der Waals surface area contributed by atoms with Gasteiger partial charge in [-0.3, -0.25) is 9.59 Å². The van der Waals surface area contributed by atoms with Gasteiger partial charge >= 0.3 is 11.6 Å². The van der Waals surface area contributed by atoms with Gasteiger partial charge in [0.1, 0.15) is 24.1 Å². The second kappa shape index (κ2) is 5.04. The maximum absolute atomic E-state index is 12.6. The highest BCUT2D eigenvalue weighted by Crippen LogP contribution is 2.63. The number of carbonyl (C=O) groups excluding carboxylic acids is 2. The zero-order valence-corrected chi connectivity index (χ0v) is 15.1. The lowest BCUT2D eigenvalue weighted by atomic mass is 9.48. The van der Waals surface area contributed by atoms with Crippen molar-refractivity contribution in [2.75, 3.05) is 0 Å². The Kier molecular flexibility index (Phi) is 3.38. The summed E-state index contributed by atoms with van der Waals surface area (Å²) >= 11 is 0. The number of aliphatic hydroxyl groups is 2. The first-order valence-corrected chi connectivity index (χ1v) is 8.81. The van der Waals surface area contributed by atoms with E-state index < -0.39 is 52.4 Å². The number of ether oxygens (including phenoxy) is 1. The van der Waals surface area contributed by atoms with E-state index in [0.717, 1.165) is 0 Å². The van der Waals surface area contributed by atoms with E-state index in [1.807, 2.05) is 13.8 Å². The van der Waals surface area contributed by atoms with Gasteiger partial charge in [-0.25, -0.2) is 4.79 Å². The molecule has 1 aromatic heterocycles. The van der Waals surface area contributed by atoms with Crippen molar-refractivity contribution in [3.8, 4) is 0 Å². The second-order valence-electron chi connectivity index (χ2n) is 8.45. The van der Waals surface area contributed by atoms with Crippen molar-refractivity contribution in [2.45, 2.75) is 63.8 Å². The average Bonchev–Trinajstić information content (AvgIpc) is 2.82. The van der Waals surface area contributed by atoms with Gasteiger partial charge in [0.15, 0.2) is 5.78 Å². The first-order valence-electron chi connectivity index (χ1n) is 8.81. The van der Waals surface area contributed by atoms with E-state index in [2.05, 4.69) is 0 Å². The van der Waals surface area contributed by atoms with Crippen molar-refractivity contribution in [1.29, 1.82) is 0 Å². The van der Waals surface area contributed by atoms with Gasteiger partial charge in [0.05, 0.1) is 5.41 Å². The van der Waals surface area contributed by atoms with Gasteiger partial charge in [0.25, 0.3) is 0 Å². The van der Waals surface area contributed by atoms with E-state index in [-0.39, 0.29) is 18.1 Å². The van der Waals surface area contributed by atoms with Crippen molar-refractivity contribution in [1.82, 2.24) is 0 Å². The molecule has 0 bridgehead atoms. The Bertz CT molecular complexity index is 884. The number of rotatable bonds is 1. The van der Waals surface area contributed by atoms with E-state index in [1.165, 1.54) is 6.07 Å². The molecule has 140 valence electrons. The summed E-state index contributed by atoms with van der Waals surface area (Å²) in [7, 11) is 0. The molecule has 0 amide bonds. The third kappa shape index (κ3) is 1.82. The number of ketones is 1. The molecule has 0 radical (unpaired) electrons. The van der Waals surface area contributed by atoms with Crippen LogP contribution < -0.4 is 5.63 Å². The van der Waals surface area contributed by atoms with Crippen LogP contribution in [0.5, 0.6) is 0 Å². The molecule has 0 spiro atoms. The van der Waals surface area contributed by atoms with Crippen LogP contribution in [-0.2, 0) is 19.7 Å². The molecule has 1 saturated heterocycles. The lowest BCUT2D eigenvalue weighted by Gasteiger charge is -2.53. The van der Waals surface area contributed by atoms with Crippen molar-refractivity contribution in [3.05, 3.63) is 33.4 Å². The maximum Gasteiger partial charge on any atom is 0.336 e. The molecule has 2 heterocycles. The van der Waals surface area contributed by atoms with Crippen LogP contribution >= 0.6 is 0 Å². The van der Waals surface area contributed by atoms with Gasteiger partial charge < -0.3 is 19.4 Å². The van der Waals surface area contributed by atoms with E-state index in [0.29, 0.717) is 11.1 Å². The molecular formula is C19H22O7. The number of Topliss-reactive ketones (excluding diaryl/α,β-unsaturated/α-hetero) is 1. The van der Waals surface area contributed by atoms with Crippen LogP contribution in [0, 0.1) is 11.3 Å². The Morgan fingerprint density at radius 3 is 2.46 bits per heavy atom. The average molecular weight is 362 g/mol. The van der Waals surface area contributed by atoms with Crippen molar-refractivity contribution < 1.29 is 29.0 Å². The molecule has 1 aromatic rings. The lowest BCUT2D eigenvalue weighted by molar-refractivity contribution is -0.155. The smallest absolute Gasteiger partial charge is 0.336 e. The van der Waals surface area contributed by atoms with Crippen LogP contribution in [0.2, 0.25) is 0 Å². The summed E-state index contributed by atoms with van der Waals surface area (Å²) in [6.07, 6.45) is -3.64. The van der Waals surface area contributed by atoms with Crippen LogP contribution in [0.3, 0.4) is 0 Å². The monoisotopic (exact) mass is 362 g/mol. The molecule has 0 aromatic carbocycles. The SMILES string of the molecule is CC(C)c1oc(=O)cc2c1C(O)C1OC(=O)C3(C)CC(=O)C(O)C2(C)C13. The standard InChI is InChI=1S/C19H22O7/c1-7(2)13-11-8(5-10(21)25-13)19(4)15-14(12(11)22)26-17(24)18(15,3)6-9(20)16(19)23/h5,7,12,14-16,22-23H,6H2,1-4H3. The first-order chi connectivity index (χ1) is 12.0. The Morgan fingerprint density at radius 2 is 1.85 bits per heavy atom. The fraction of sp³-hybridized carbons (Fsp3) is 0.632. The van der Waals surface area contributed by atoms with E-state index >= 15 is 0 Å². The van der Waals surface area contributed by atoms with Gasteiger partial charge in [-0.05, 0) is 12.5 Å². The number of aliphatic hydroxyl groups excluding tert-OH is 2. The molecular weight excluding hydrogens is 340 g/mol. The number of esters is 1. The summed E-state index contributed by atoms with van der Waals surface area (Å²) < 4.78 is 10.8. The summed E-state index contributed by atoms with van der Waals surface area (Å²) in [5.74, 6) is -1.58. The number of carbonyl (C=O) groups is 2. The Morgan fingerprint density at radius 1 is 1.19 bits per heavy atom. The second-order valence-corrected chi connectivity index (χ2v) is 8.45. The van der Waals surface area contributed by atoms with E-state index in [4.69, 9.17) is 9.15 Å². The van der Waals surface area contributed by atoms with Crippen LogP contribution in [0.15, 0.2) is 15.3 Å². The predicted molar refractivity (Wildman–Crippen MR) is 88.5 cm³/mol. The molecule has 26 heavy (non-hydrogen) atoms. The first kappa shape index (κ1) is 17.4. The van der Waals surface area contributed by atoms with Crippen LogP contribution in [0.1, 0.15) is 63.0 Å². The number of hydrogen-bond acceptors (Lipinski definition) is 7. The molecule has 2 aliphatic carbocycles. The summed E-state index contributed by atoms with van der Waals surface area (Å²) in [5.41, 5.74) is -2.28. The van der Waals surface area contributed by atoms with Crippen LogP contribution in [-0.4, -0.2) is 34.2 Å². The highest BCUT2D eigenvalue weighted by molar-refractivity contribution is 5.94. The summed E-state index contributed by atoms with van der Waals surface area (Å²) in [6.45, 7) is 6.93. The Hall–Kier alpha value is -1.99. The van der Waals surface area contributed by atoms with Crippen molar-refractivity contribution in [3.63, 3.8) is 0 Å². The Balaban J connectivity index is 2.10. The molecule has 1 saturated carbocycles. The molecule has 2 N–H and O–H groups in total. The minimum atomic E-state index is -1.40. The van der Waals surface area contributed by atoms with Crippen LogP contribution in [0.25, 0.3) is 0 Å². The molecule has 2 fully saturated rings. The molecule has 4 rings (SSSR count). The highest BCUT2D eigenvalue weighted by atomic mass is 16.6. The van der Waals surface area contributed by atoms with Gasteiger partial charge in [0.2, 0.25) is 0 Å². The third-order valence-corrected chi connectivity index (χ3v) is 6.52. The summed E-state index contributed by atoms with van der Waals surface area (Å²) in [6, 6.07) is 1.23. The lowest BCUT2D eigenvalue weighted by Crippen LogP contribution is -2.63. The fourth-order valence-electron chi connectivity index (χ4n) is 5.39. The topological polar surface area (TPSA) is 114 Å². The molecule has 6 atom stereocenters. The van der Waals surface area contributed by atoms with Gasteiger partial charge in [0, 0.05) is 35.3 Å². The predicted octanol–water partition coefficient (Wildman–Crippen LogP) is 0.950. The van der Waals surface area contributed by atoms with Gasteiger partial charge in [-0.2, -0.15) is 0 Å².